The van der Waals surface area contributed by atoms with Crippen molar-refractivity contribution >= 4 is 34.7 Å². The normalized spacial score (nSPS) is 14.0. The van der Waals surface area contributed by atoms with Crippen LogP contribution in [0.3, 0.4) is 0 Å². The molecule has 162 valence electrons. The van der Waals surface area contributed by atoms with Crippen LogP contribution >= 0.6 is 12.2 Å². The van der Waals surface area contributed by atoms with Gasteiger partial charge in [0.1, 0.15) is 0 Å². The highest BCUT2D eigenvalue weighted by Gasteiger charge is 2.14. The van der Waals surface area contributed by atoms with Gasteiger partial charge < -0.3 is 19.5 Å². The van der Waals surface area contributed by atoms with Gasteiger partial charge in [-0.1, -0.05) is 24.3 Å². The maximum atomic E-state index is 12.7. The van der Waals surface area contributed by atoms with E-state index >= 15 is 0 Å². The molecule has 0 bridgehead atoms. The lowest BCUT2D eigenvalue weighted by Crippen LogP contribution is -2.36. The molecule has 2 heterocycles. The van der Waals surface area contributed by atoms with Gasteiger partial charge in [0.05, 0.1) is 24.1 Å². The molecular formula is C23H26N4O3S. The highest BCUT2D eigenvalue weighted by Crippen LogP contribution is 2.17. The molecule has 0 unspecified atom stereocenters. The van der Waals surface area contributed by atoms with Gasteiger partial charge in [-0.05, 0) is 42.0 Å². The first-order valence-corrected chi connectivity index (χ1v) is 10.8. The van der Waals surface area contributed by atoms with Gasteiger partial charge in [0.15, 0.2) is 4.77 Å². The van der Waals surface area contributed by atoms with Gasteiger partial charge in [-0.3, -0.25) is 14.2 Å². The number of ether oxygens (including phenoxy) is 1. The zero-order valence-corrected chi connectivity index (χ0v) is 18.4. The summed E-state index contributed by atoms with van der Waals surface area (Å²) >= 11 is 5.33. The van der Waals surface area contributed by atoms with Gasteiger partial charge in [-0.25, -0.2) is 0 Å². The van der Waals surface area contributed by atoms with E-state index in [1.807, 2.05) is 18.2 Å². The number of carbonyl (C=O) groups excluding carboxylic acids is 1. The third-order valence-electron chi connectivity index (χ3n) is 5.60. The van der Waals surface area contributed by atoms with E-state index in [9.17, 15) is 9.59 Å². The Hall–Kier alpha value is -2.97. The Kier molecular flexibility index (Phi) is 6.48. The molecule has 0 saturated carbocycles. The van der Waals surface area contributed by atoms with E-state index in [-0.39, 0.29) is 24.4 Å². The molecule has 0 radical (unpaired) electrons. The number of morpholine rings is 1. The molecule has 3 aromatic rings. The fraction of sp³-hybridized carbons (Fsp3) is 0.348. The number of nitrogens with one attached hydrogen (secondary N) is 1. The van der Waals surface area contributed by atoms with Crippen molar-refractivity contribution < 1.29 is 9.53 Å². The first-order valence-electron chi connectivity index (χ1n) is 10.4. The second-order valence-corrected chi connectivity index (χ2v) is 8.08. The van der Waals surface area contributed by atoms with E-state index in [1.54, 1.807) is 18.0 Å². The van der Waals surface area contributed by atoms with Crippen LogP contribution in [0.1, 0.15) is 12.0 Å². The third-order valence-corrected chi connectivity index (χ3v) is 5.92. The minimum atomic E-state index is -0.173. The van der Waals surface area contributed by atoms with Gasteiger partial charge in [-0.2, -0.15) is 0 Å². The molecule has 1 fully saturated rings. The number of para-hydroxylation sites is 1. The number of aromatic nitrogens is 2. The van der Waals surface area contributed by atoms with Crippen molar-refractivity contribution in [3.8, 4) is 0 Å². The van der Waals surface area contributed by atoms with Crippen LogP contribution in [0, 0.1) is 4.77 Å². The minimum absolute atomic E-state index is 0.0354. The van der Waals surface area contributed by atoms with Crippen molar-refractivity contribution in [3.05, 3.63) is 69.2 Å². The molecule has 1 N–H and O–H groups in total. The Balaban J connectivity index is 1.37. The Bertz CT molecular complexity index is 1180. The topological polar surface area (TPSA) is 70.6 Å². The zero-order valence-electron chi connectivity index (χ0n) is 17.5. The Morgan fingerprint density at radius 2 is 1.84 bits per heavy atom. The number of rotatable bonds is 6. The predicted molar refractivity (Wildman–Crippen MR) is 124 cm³/mol. The summed E-state index contributed by atoms with van der Waals surface area (Å²) in [5.41, 5.74) is 2.77. The van der Waals surface area contributed by atoms with Crippen molar-refractivity contribution in [2.24, 2.45) is 0 Å². The van der Waals surface area contributed by atoms with Crippen LogP contribution in [-0.2, 0) is 22.6 Å². The SMILES string of the molecule is CN(Cc1ccc(N2CCOCC2)cc1)C(=O)CCn1c(=S)[nH]c2ccccc2c1=O. The summed E-state index contributed by atoms with van der Waals surface area (Å²) in [6, 6.07) is 15.5. The summed E-state index contributed by atoms with van der Waals surface area (Å²) in [5, 5.41) is 0.567. The fourth-order valence-electron chi connectivity index (χ4n) is 3.80. The average Bonchev–Trinajstić information content (AvgIpc) is 2.80. The molecule has 0 atom stereocenters. The largest absolute Gasteiger partial charge is 0.378 e. The molecule has 4 rings (SSSR count). The Labute approximate surface area is 185 Å². The third kappa shape index (κ3) is 4.86. The maximum Gasteiger partial charge on any atom is 0.262 e. The lowest BCUT2D eigenvalue weighted by atomic mass is 10.1. The van der Waals surface area contributed by atoms with Crippen molar-refractivity contribution in [2.75, 3.05) is 38.3 Å². The van der Waals surface area contributed by atoms with Crippen LogP contribution < -0.4 is 10.5 Å². The molecule has 0 aliphatic carbocycles. The molecule has 0 spiro atoms. The molecule has 1 aliphatic heterocycles. The van der Waals surface area contributed by atoms with Crippen molar-refractivity contribution in [1.29, 1.82) is 0 Å². The van der Waals surface area contributed by atoms with Gasteiger partial charge in [0, 0.05) is 45.3 Å². The number of nitrogens with zero attached hydrogens (tertiary/aromatic N) is 3. The number of anilines is 1. The first kappa shape index (κ1) is 21.3. The summed E-state index contributed by atoms with van der Waals surface area (Å²) in [4.78, 5) is 32.4. The van der Waals surface area contributed by atoms with Crippen molar-refractivity contribution in [1.82, 2.24) is 14.5 Å². The molecule has 31 heavy (non-hydrogen) atoms. The maximum absolute atomic E-state index is 12.7. The number of carbonyl (C=O) groups is 1. The second-order valence-electron chi connectivity index (χ2n) is 7.70. The van der Waals surface area contributed by atoms with Gasteiger partial charge in [-0.15, -0.1) is 0 Å². The molecule has 7 nitrogen and oxygen atoms in total. The van der Waals surface area contributed by atoms with Crippen LogP contribution in [0.4, 0.5) is 5.69 Å². The van der Waals surface area contributed by atoms with Gasteiger partial charge in [0.2, 0.25) is 5.91 Å². The standard InChI is InChI=1S/C23H26N4O3S/c1-25(16-17-6-8-18(9-7-17)26-12-14-30-15-13-26)21(28)10-11-27-22(29)19-4-2-3-5-20(19)24-23(27)31/h2-9H,10-16H2,1H3,(H,24,31). The Morgan fingerprint density at radius 1 is 1.13 bits per heavy atom. The molecule has 8 heteroatoms. The summed E-state index contributed by atoms with van der Waals surface area (Å²) in [7, 11) is 1.78. The van der Waals surface area contributed by atoms with E-state index < -0.39 is 0 Å². The number of benzene rings is 2. The number of hydrogen-bond donors (Lipinski definition) is 1. The fourth-order valence-corrected chi connectivity index (χ4v) is 4.08. The van der Waals surface area contributed by atoms with Gasteiger partial charge in [0.25, 0.3) is 5.56 Å². The average molecular weight is 439 g/mol. The number of aromatic amines is 1. The second kappa shape index (κ2) is 9.45. The summed E-state index contributed by atoms with van der Waals surface area (Å²) < 4.78 is 7.19. The predicted octanol–water partition coefficient (Wildman–Crippen LogP) is 2.94. The lowest BCUT2D eigenvalue weighted by Gasteiger charge is -2.29. The molecular weight excluding hydrogens is 412 g/mol. The molecule has 2 aromatic carbocycles. The van der Waals surface area contributed by atoms with Crippen LogP contribution in [0.25, 0.3) is 10.9 Å². The van der Waals surface area contributed by atoms with Crippen LogP contribution in [0.15, 0.2) is 53.3 Å². The van der Waals surface area contributed by atoms with Crippen LogP contribution in [0.5, 0.6) is 0 Å². The van der Waals surface area contributed by atoms with E-state index in [4.69, 9.17) is 17.0 Å². The van der Waals surface area contributed by atoms with E-state index in [0.717, 1.165) is 31.9 Å². The van der Waals surface area contributed by atoms with E-state index in [0.29, 0.717) is 22.2 Å². The molecule has 1 aliphatic rings. The summed E-state index contributed by atoms with van der Waals surface area (Å²) in [5.74, 6) is -0.0354. The smallest absolute Gasteiger partial charge is 0.262 e. The highest BCUT2D eigenvalue weighted by molar-refractivity contribution is 7.71. The number of amides is 1. The van der Waals surface area contributed by atoms with Crippen LogP contribution in [-0.4, -0.2) is 53.7 Å². The van der Waals surface area contributed by atoms with Crippen molar-refractivity contribution in [2.45, 2.75) is 19.5 Å². The van der Waals surface area contributed by atoms with E-state index in [2.05, 4.69) is 34.1 Å². The highest BCUT2D eigenvalue weighted by atomic mass is 32.1. The number of H-pyrrole nitrogens is 1. The quantitative estimate of drug-likeness (QED) is 0.599. The van der Waals surface area contributed by atoms with E-state index in [1.165, 1.54) is 10.3 Å². The summed E-state index contributed by atoms with van der Waals surface area (Å²) in [6.45, 7) is 4.06. The number of fused-ring (bicyclic) bond motifs is 1. The minimum Gasteiger partial charge on any atom is -0.378 e. The van der Waals surface area contributed by atoms with Crippen LogP contribution in [0.2, 0.25) is 0 Å². The number of hydrogen-bond acceptors (Lipinski definition) is 5. The zero-order chi connectivity index (χ0) is 21.8. The first-order chi connectivity index (χ1) is 15.0. The molecule has 1 amide bonds. The monoisotopic (exact) mass is 438 g/mol. The molecule has 1 aromatic heterocycles. The van der Waals surface area contributed by atoms with Gasteiger partial charge >= 0.3 is 0 Å². The Morgan fingerprint density at radius 3 is 2.58 bits per heavy atom. The van der Waals surface area contributed by atoms with Crippen molar-refractivity contribution in [3.63, 3.8) is 0 Å². The summed E-state index contributed by atoms with van der Waals surface area (Å²) in [6.07, 6.45) is 0.206. The molecule has 1 saturated heterocycles. The lowest BCUT2D eigenvalue weighted by molar-refractivity contribution is -0.130.